The van der Waals surface area contributed by atoms with Crippen LogP contribution in [-0.2, 0) is 48.5 Å². The summed E-state index contributed by atoms with van der Waals surface area (Å²) >= 11 is 0. The van der Waals surface area contributed by atoms with Gasteiger partial charge in [0.25, 0.3) is 11.9 Å². The first-order valence-electron chi connectivity index (χ1n) is 15.3. The molecule has 14 heteroatoms. The third-order valence-electron chi connectivity index (χ3n) is 6.93. The summed E-state index contributed by atoms with van der Waals surface area (Å²) < 4.78 is 0. The second-order valence-electron chi connectivity index (χ2n) is 11.4. The molecular weight excluding hydrogens is 650 g/mol. The number of hydrogen-bond acceptors (Lipinski definition) is 9. The smallest absolute Gasteiger partial charge is 0.306 e. The third-order valence-corrected chi connectivity index (χ3v) is 6.93. The van der Waals surface area contributed by atoms with Crippen LogP contribution in [-0.4, -0.2) is 183 Å². The van der Waals surface area contributed by atoms with E-state index < -0.39 is 17.9 Å². The fourth-order valence-electron chi connectivity index (χ4n) is 3.67. The van der Waals surface area contributed by atoms with Crippen molar-refractivity contribution >= 4 is 17.9 Å². The summed E-state index contributed by atoms with van der Waals surface area (Å²) in [5, 5.41) is 23.4. The Hall–Kier alpha value is -0.791. The number of hydrogen-bond donors (Lipinski definition) is 3. The zero-order valence-corrected chi connectivity index (χ0v) is 31.8. The Balaban J connectivity index is -0.000000151. The van der Waals surface area contributed by atoms with E-state index in [-0.39, 0.29) is 40.1 Å². The van der Waals surface area contributed by atoms with E-state index in [1.54, 1.807) is 0 Å². The molecule has 0 aromatic heterocycles. The summed E-state index contributed by atoms with van der Waals surface area (Å²) in [6.45, 7) is 20.6. The zero-order chi connectivity index (χ0) is 33.1. The van der Waals surface area contributed by atoms with Crippen molar-refractivity contribution in [2.24, 2.45) is 5.92 Å². The van der Waals surface area contributed by atoms with E-state index in [4.69, 9.17) is 24.9 Å². The summed E-state index contributed by atoms with van der Waals surface area (Å²) in [5.74, 6) is -2.42. The van der Waals surface area contributed by atoms with Crippen LogP contribution in [0.4, 0.5) is 0 Å². The number of aliphatic carboxylic acids is 3. The average Bonchev–Trinajstić information content (AvgIpc) is 3.01. The van der Waals surface area contributed by atoms with Crippen LogP contribution in [0.3, 0.4) is 0 Å². The third kappa shape index (κ3) is 43.3. The van der Waals surface area contributed by atoms with E-state index in [2.05, 4.69) is 78.6 Å². The molecule has 2 radical (unpaired) electrons. The van der Waals surface area contributed by atoms with Crippen LogP contribution in [0.25, 0.3) is 0 Å². The second kappa shape index (κ2) is 35.1. The predicted octanol–water partition coefficient (Wildman–Crippen LogP) is 2.06. The van der Waals surface area contributed by atoms with E-state index in [0.717, 1.165) is 39.5 Å². The molecule has 3 N–H and O–H groups in total. The minimum absolute atomic E-state index is 0. The van der Waals surface area contributed by atoms with E-state index >= 15 is 0 Å². The first-order chi connectivity index (χ1) is 19.5. The Morgan fingerprint density at radius 2 is 0.705 bits per heavy atom. The number of rotatable bonds is 5. The van der Waals surface area contributed by atoms with Crippen molar-refractivity contribution < 1.29 is 63.8 Å². The molecule has 0 aromatic rings. The van der Waals surface area contributed by atoms with Gasteiger partial charge in [0.2, 0.25) is 0 Å². The standard InChI is InChI=1S/2C9H21N3.C8H16O2.2C2H4O2.2Mn/c2*1-10-4-6-11(2)8-9-12(3)7-5-10;1-3-5-6-7(4-2)8(9)10;2*1-2(3)4;;/h2*4-9H2,1-3H3;7H,3-6H2,1-2H3,(H,9,10);2*1H3,(H,3,4);;. The van der Waals surface area contributed by atoms with Gasteiger partial charge in [-0.25, -0.2) is 0 Å². The van der Waals surface area contributed by atoms with Gasteiger partial charge in [-0.1, -0.05) is 26.7 Å². The molecule has 1 unspecified atom stereocenters. The molecule has 0 amide bonds. The largest absolute Gasteiger partial charge is 0.481 e. The summed E-state index contributed by atoms with van der Waals surface area (Å²) in [5.41, 5.74) is 0. The van der Waals surface area contributed by atoms with Crippen molar-refractivity contribution in [1.82, 2.24) is 29.4 Å². The van der Waals surface area contributed by atoms with Gasteiger partial charge in [-0.05, 0) is 55.1 Å². The Kier molecular flexibility index (Phi) is 42.0. The van der Waals surface area contributed by atoms with Gasteiger partial charge in [-0.3, -0.25) is 14.4 Å². The van der Waals surface area contributed by atoms with Crippen molar-refractivity contribution in [3.05, 3.63) is 0 Å². The van der Waals surface area contributed by atoms with Crippen LogP contribution in [0, 0.1) is 5.92 Å². The zero-order valence-electron chi connectivity index (χ0n) is 29.4. The van der Waals surface area contributed by atoms with Crippen LogP contribution in [0.2, 0.25) is 0 Å². The van der Waals surface area contributed by atoms with Gasteiger partial charge in [0.15, 0.2) is 0 Å². The number of carboxylic acid groups (broad SMARTS) is 3. The molecule has 266 valence electrons. The Morgan fingerprint density at radius 3 is 0.818 bits per heavy atom. The van der Waals surface area contributed by atoms with Gasteiger partial charge in [0.1, 0.15) is 0 Å². The van der Waals surface area contributed by atoms with Gasteiger partial charge in [-0.15, -0.1) is 0 Å². The van der Waals surface area contributed by atoms with Crippen LogP contribution in [0.5, 0.6) is 0 Å². The maximum absolute atomic E-state index is 10.4. The summed E-state index contributed by atoms with van der Waals surface area (Å²) in [4.78, 5) is 42.8. The summed E-state index contributed by atoms with van der Waals surface area (Å²) in [7, 11) is 13.2. The van der Waals surface area contributed by atoms with E-state index in [9.17, 15) is 4.79 Å². The summed E-state index contributed by atoms with van der Waals surface area (Å²) in [6, 6.07) is 0. The Labute approximate surface area is 290 Å². The molecule has 0 saturated carbocycles. The SMILES string of the molecule is CC(=O)O.CC(=O)O.CCCCC(CC)C(=O)O.CN1CCN(C)CCN(C)CC1.CN1CCN(C)CCN(C)CC1.[Mn].[Mn]. The van der Waals surface area contributed by atoms with Crippen molar-refractivity contribution in [3.8, 4) is 0 Å². The van der Waals surface area contributed by atoms with Gasteiger partial charge in [-0.2, -0.15) is 0 Å². The molecule has 2 fully saturated rings. The van der Waals surface area contributed by atoms with Crippen LogP contribution in [0.1, 0.15) is 53.4 Å². The number of carbonyl (C=O) groups is 3. The number of unbranched alkanes of at least 4 members (excludes halogenated alkanes) is 1. The summed E-state index contributed by atoms with van der Waals surface area (Å²) in [6.07, 6.45) is 3.71. The molecule has 1 atom stereocenters. The average molecular weight is 717 g/mol. The molecule has 2 rings (SSSR count). The fourth-order valence-corrected chi connectivity index (χ4v) is 3.67. The molecule has 2 aliphatic rings. The van der Waals surface area contributed by atoms with Gasteiger partial charge >= 0.3 is 5.97 Å². The number of carboxylic acids is 3. The maximum atomic E-state index is 10.4. The fraction of sp³-hybridized carbons (Fsp3) is 0.900. The molecule has 2 heterocycles. The predicted molar refractivity (Wildman–Crippen MR) is 173 cm³/mol. The Morgan fingerprint density at radius 1 is 0.523 bits per heavy atom. The monoisotopic (exact) mass is 716 g/mol. The minimum Gasteiger partial charge on any atom is -0.481 e. The maximum Gasteiger partial charge on any atom is 0.306 e. The molecular formula is C30H66Mn2N6O6. The van der Waals surface area contributed by atoms with Gasteiger partial charge in [0.05, 0.1) is 5.92 Å². The first kappa shape index (κ1) is 52.7. The van der Waals surface area contributed by atoms with E-state index in [0.29, 0.717) is 0 Å². The molecule has 2 saturated heterocycles. The van der Waals surface area contributed by atoms with Crippen LogP contribution in [0.15, 0.2) is 0 Å². The molecule has 0 aromatic carbocycles. The van der Waals surface area contributed by atoms with Crippen molar-refractivity contribution in [1.29, 1.82) is 0 Å². The molecule has 0 spiro atoms. The van der Waals surface area contributed by atoms with Crippen LogP contribution >= 0.6 is 0 Å². The Bertz CT molecular complexity index is 562. The molecule has 2 aliphatic heterocycles. The molecule has 0 aliphatic carbocycles. The normalized spacial score (nSPS) is 18.4. The van der Waals surface area contributed by atoms with Gasteiger partial charge in [0, 0.05) is 127 Å². The van der Waals surface area contributed by atoms with Gasteiger partial charge < -0.3 is 44.7 Å². The van der Waals surface area contributed by atoms with E-state index in [1.807, 2.05) is 6.92 Å². The van der Waals surface area contributed by atoms with Crippen LogP contribution < -0.4 is 0 Å². The van der Waals surface area contributed by atoms with Crippen molar-refractivity contribution in [2.75, 3.05) is 121 Å². The second-order valence-corrected chi connectivity index (χ2v) is 11.4. The molecule has 12 nitrogen and oxygen atoms in total. The minimum atomic E-state index is -0.833. The van der Waals surface area contributed by atoms with E-state index in [1.165, 1.54) is 78.5 Å². The quantitative estimate of drug-likeness (QED) is 0.360. The molecule has 44 heavy (non-hydrogen) atoms. The first-order valence-corrected chi connectivity index (χ1v) is 15.3. The number of nitrogens with zero attached hydrogens (tertiary/aromatic N) is 6. The number of likely N-dealkylation sites (N-methyl/N-ethyl adjacent to an activating group) is 6. The molecule has 0 bridgehead atoms. The topological polar surface area (TPSA) is 131 Å². The van der Waals surface area contributed by atoms with Crippen molar-refractivity contribution in [3.63, 3.8) is 0 Å². The van der Waals surface area contributed by atoms with Crippen molar-refractivity contribution in [2.45, 2.75) is 53.4 Å².